The smallest absolute Gasteiger partial charge is 0.343 e. The highest BCUT2D eigenvalue weighted by molar-refractivity contribution is 8.13. The summed E-state index contributed by atoms with van der Waals surface area (Å²) in [6, 6.07) is 3.39. The lowest BCUT2D eigenvalue weighted by Crippen LogP contribution is -2.33. The van der Waals surface area contributed by atoms with Gasteiger partial charge in [-0.15, -0.1) is 0 Å². The van der Waals surface area contributed by atoms with Crippen LogP contribution in [0, 0.1) is 6.92 Å². The topological polar surface area (TPSA) is 63.2 Å². The number of nitrogens with one attached hydrogen (secondary N) is 1. The molecule has 0 aliphatic carbocycles. The van der Waals surface area contributed by atoms with Gasteiger partial charge < -0.3 is 5.32 Å². The Labute approximate surface area is 112 Å². The maximum Gasteiger partial charge on any atom is 0.405 e. The minimum absolute atomic E-state index is 0.205. The zero-order chi connectivity index (χ0) is 14.8. The van der Waals surface area contributed by atoms with Crippen LogP contribution >= 0.6 is 10.7 Å². The van der Waals surface area contributed by atoms with Crippen molar-refractivity contribution in [3.8, 4) is 0 Å². The SMILES string of the molecule is Cc1cc(C(=O)NCC(F)(F)F)cc(S(=O)(=O)Cl)c1. The summed E-state index contributed by atoms with van der Waals surface area (Å²) in [5.41, 5.74) is 0.183. The quantitative estimate of drug-likeness (QED) is 0.870. The first-order valence-corrected chi connectivity index (χ1v) is 7.21. The lowest BCUT2D eigenvalue weighted by Gasteiger charge is -2.09. The minimum Gasteiger partial charge on any atom is -0.343 e. The Bertz CT molecular complexity index is 599. The predicted octanol–water partition coefficient (Wildman–Crippen LogP) is 2.21. The molecule has 0 atom stereocenters. The molecule has 0 saturated carbocycles. The number of rotatable bonds is 3. The van der Waals surface area contributed by atoms with Crippen LogP contribution in [-0.4, -0.2) is 27.0 Å². The summed E-state index contributed by atoms with van der Waals surface area (Å²) < 4.78 is 58.1. The number of aryl methyl sites for hydroxylation is 1. The van der Waals surface area contributed by atoms with Crippen LogP contribution in [0.2, 0.25) is 0 Å². The fraction of sp³-hybridized carbons (Fsp3) is 0.300. The van der Waals surface area contributed by atoms with E-state index in [0.29, 0.717) is 5.56 Å². The molecular weight excluding hydrogens is 307 g/mol. The molecule has 0 saturated heterocycles. The Morgan fingerprint density at radius 3 is 2.37 bits per heavy atom. The first-order chi connectivity index (χ1) is 8.49. The first kappa shape index (κ1) is 15.8. The van der Waals surface area contributed by atoms with Crippen molar-refractivity contribution in [2.45, 2.75) is 18.0 Å². The van der Waals surface area contributed by atoms with E-state index in [1.54, 1.807) is 5.32 Å². The second kappa shape index (κ2) is 5.38. The molecule has 0 bridgehead atoms. The van der Waals surface area contributed by atoms with Gasteiger partial charge in [0, 0.05) is 16.2 Å². The zero-order valence-electron chi connectivity index (χ0n) is 9.58. The maximum absolute atomic E-state index is 11.9. The Kier molecular flexibility index (Phi) is 4.46. The predicted molar refractivity (Wildman–Crippen MR) is 62.6 cm³/mol. The molecule has 0 spiro atoms. The summed E-state index contributed by atoms with van der Waals surface area (Å²) in [5, 5.41) is 1.64. The number of carbonyl (C=O) groups excluding carboxylic acids is 1. The lowest BCUT2D eigenvalue weighted by atomic mass is 10.1. The largest absolute Gasteiger partial charge is 0.405 e. The van der Waals surface area contributed by atoms with Crippen LogP contribution in [0.25, 0.3) is 0 Å². The Morgan fingerprint density at radius 2 is 1.89 bits per heavy atom. The van der Waals surface area contributed by atoms with Crippen LogP contribution in [0.3, 0.4) is 0 Å². The highest BCUT2D eigenvalue weighted by Crippen LogP contribution is 2.19. The maximum atomic E-state index is 11.9. The Balaban J connectivity index is 3.02. The summed E-state index contributed by atoms with van der Waals surface area (Å²) in [4.78, 5) is 11.1. The van der Waals surface area contributed by atoms with Gasteiger partial charge >= 0.3 is 6.18 Å². The third-order valence-corrected chi connectivity index (χ3v) is 3.38. The van der Waals surface area contributed by atoms with Crippen LogP contribution in [0.5, 0.6) is 0 Å². The molecule has 106 valence electrons. The summed E-state index contributed by atoms with van der Waals surface area (Å²) in [5.74, 6) is -1.03. The van der Waals surface area contributed by atoms with E-state index in [4.69, 9.17) is 10.7 Å². The Morgan fingerprint density at radius 1 is 1.32 bits per heavy atom. The summed E-state index contributed by atoms with van der Waals surface area (Å²) in [7, 11) is 1.06. The molecule has 0 aromatic heterocycles. The Hall–Kier alpha value is -1.28. The van der Waals surface area contributed by atoms with Crippen molar-refractivity contribution in [2.75, 3.05) is 6.54 Å². The fourth-order valence-electron chi connectivity index (χ4n) is 1.30. The van der Waals surface area contributed by atoms with E-state index >= 15 is 0 Å². The first-order valence-electron chi connectivity index (χ1n) is 4.90. The molecule has 1 aromatic rings. The van der Waals surface area contributed by atoms with Gasteiger partial charge in [-0.05, 0) is 30.7 Å². The lowest BCUT2D eigenvalue weighted by molar-refractivity contribution is -0.123. The van der Waals surface area contributed by atoms with E-state index in [0.717, 1.165) is 6.07 Å². The molecule has 0 fully saturated rings. The van der Waals surface area contributed by atoms with Crippen LogP contribution in [0.15, 0.2) is 23.1 Å². The van der Waals surface area contributed by atoms with Crippen molar-refractivity contribution in [2.24, 2.45) is 0 Å². The third kappa shape index (κ3) is 5.07. The fourth-order valence-corrected chi connectivity index (χ4v) is 2.16. The van der Waals surface area contributed by atoms with Gasteiger partial charge in [-0.3, -0.25) is 4.79 Å². The van der Waals surface area contributed by atoms with E-state index in [1.807, 2.05) is 0 Å². The van der Waals surface area contributed by atoms with Crippen molar-refractivity contribution >= 4 is 25.6 Å². The second-order valence-corrected chi connectivity index (χ2v) is 6.34. The van der Waals surface area contributed by atoms with Crippen molar-refractivity contribution in [1.82, 2.24) is 5.32 Å². The van der Waals surface area contributed by atoms with Gasteiger partial charge in [-0.25, -0.2) is 8.42 Å². The third-order valence-electron chi connectivity index (χ3n) is 2.04. The van der Waals surface area contributed by atoms with E-state index in [2.05, 4.69) is 0 Å². The van der Waals surface area contributed by atoms with E-state index < -0.39 is 27.7 Å². The number of hydrogen-bond donors (Lipinski definition) is 1. The van der Waals surface area contributed by atoms with Crippen LogP contribution in [0.1, 0.15) is 15.9 Å². The molecule has 1 N–H and O–H groups in total. The van der Waals surface area contributed by atoms with Gasteiger partial charge in [-0.2, -0.15) is 13.2 Å². The average molecular weight is 316 g/mol. The van der Waals surface area contributed by atoms with Crippen LogP contribution < -0.4 is 5.32 Å². The number of benzene rings is 1. The summed E-state index contributed by atoms with van der Waals surface area (Å²) in [6.45, 7) is -0.00512. The molecule has 0 heterocycles. The summed E-state index contributed by atoms with van der Waals surface area (Å²) >= 11 is 0. The van der Waals surface area contributed by atoms with Crippen LogP contribution in [-0.2, 0) is 9.05 Å². The van der Waals surface area contributed by atoms with E-state index in [1.165, 1.54) is 19.1 Å². The van der Waals surface area contributed by atoms with Crippen molar-refractivity contribution in [3.63, 3.8) is 0 Å². The van der Waals surface area contributed by atoms with Crippen LogP contribution in [0.4, 0.5) is 13.2 Å². The number of alkyl halides is 3. The van der Waals surface area contributed by atoms with Gasteiger partial charge in [0.15, 0.2) is 0 Å². The number of amides is 1. The molecule has 0 aliphatic heterocycles. The summed E-state index contributed by atoms with van der Waals surface area (Å²) in [6.07, 6.45) is -4.54. The van der Waals surface area contributed by atoms with Crippen molar-refractivity contribution in [1.29, 1.82) is 0 Å². The minimum atomic E-state index is -4.54. The molecule has 1 rings (SSSR count). The van der Waals surface area contributed by atoms with E-state index in [-0.39, 0.29) is 10.5 Å². The molecule has 1 amide bonds. The molecule has 19 heavy (non-hydrogen) atoms. The molecule has 0 unspecified atom stereocenters. The molecule has 9 heteroatoms. The normalized spacial score (nSPS) is 12.3. The standard InChI is InChI=1S/C10H9ClF3NO3S/c1-6-2-7(4-8(3-6)19(11,17)18)9(16)15-5-10(12,13)14/h2-4H,5H2,1H3,(H,15,16). The van der Waals surface area contributed by atoms with Gasteiger partial charge in [0.25, 0.3) is 15.0 Å². The highest BCUT2D eigenvalue weighted by atomic mass is 35.7. The van der Waals surface area contributed by atoms with Crippen molar-refractivity contribution in [3.05, 3.63) is 29.3 Å². The monoisotopic (exact) mass is 315 g/mol. The second-order valence-electron chi connectivity index (χ2n) is 3.77. The highest BCUT2D eigenvalue weighted by Gasteiger charge is 2.28. The molecule has 0 aliphatic rings. The zero-order valence-corrected chi connectivity index (χ0v) is 11.2. The van der Waals surface area contributed by atoms with Gasteiger partial charge in [0.2, 0.25) is 0 Å². The molecule has 1 aromatic carbocycles. The van der Waals surface area contributed by atoms with Crippen molar-refractivity contribution < 1.29 is 26.4 Å². The number of carbonyl (C=O) groups is 1. The van der Waals surface area contributed by atoms with Gasteiger partial charge in [0.1, 0.15) is 6.54 Å². The molecule has 0 radical (unpaired) electrons. The average Bonchev–Trinajstić information content (AvgIpc) is 2.22. The van der Waals surface area contributed by atoms with E-state index in [9.17, 15) is 26.4 Å². The van der Waals surface area contributed by atoms with Gasteiger partial charge in [0.05, 0.1) is 4.90 Å². The van der Waals surface area contributed by atoms with Gasteiger partial charge in [-0.1, -0.05) is 0 Å². The molecular formula is C10H9ClF3NO3S. The number of hydrogen-bond acceptors (Lipinski definition) is 3. The number of halogens is 4. The molecule has 4 nitrogen and oxygen atoms in total.